The highest BCUT2D eigenvalue weighted by Crippen LogP contribution is 2.48. The van der Waals surface area contributed by atoms with Crippen molar-refractivity contribution >= 4 is 40.8 Å². The topological polar surface area (TPSA) is 33.2 Å². The molecular formula is C19H13ClN2OS. The minimum atomic E-state index is -0.310. The normalized spacial score (nSPS) is 16.3. The summed E-state index contributed by atoms with van der Waals surface area (Å²) in [5.41, 5.74) is 1.67. The Kier molecular flexibility index (Phi) is 4.00. The van der Waals surface area contributed by atoms with E-state index < -0.39 is 0 Å². The molecule has 1 aliphatic rings. The van der Waals surface area contributed by atoms with E-state index in [0.717, 1.165) is 16.1 Å². The molecule has 0 radical (unpaired) electrons. The van der Waals surface area contributed by atoms with Crippen LogP contribution in [0.4, 0.5) is 11.5 Å². The van der Waals surface area contributed by atoms with E-state index >= 15 is 0 Å². The summed E-state index contributed by atoms with van der Waals surface area (Å²) < 4.78 is 0. The highest BCUT2D eigenvalue weighted by atomic mass is 35.5. The van der Waals surface area contributed by atoms with Crippen LogP contribution in [0.5, 0.6) is 0 Å². The number of amides is 1. The molecule has 0 saturated carbocycles. The summed E-state index contributed by atoms with van der Waals surface area (Å²) >= 11 is 7.64. The van der Waals surface area contributed by atoms with Crippen molar-refractivity contribution in [3.05, 3.63) is 83.5 Å². The smallest absolute Gasteiger partial charge is 0.250 e. The van der Waals surface area contributed by atoms with Crippen molar-refractivity contribution in [1.29, 1.82) is 0 Å². The lowest BCUT2D eigenvalue weighted by Gasteiger charge is -2.17. The first-order valence-electron chi connectivity index (χ1n) is 7.50. The lowest BCUT2D eigenvalue weighted by molar-refractivity contribution is -0.116. The minimum Gasteiger partial charge on any atom is -0.272 e. The molecule has 0 spiro atoms. The Morgan fingerprint density at radius 3 is 2.62 bits per heavy atom. The molecule has 2 aromatic carbocycles. The second kappa shape index (κ2) is 6.30. The van der Waals surface area contributed by atoms with Crippen LogP contribution in [0.2, 0.25) is 5.02 Å². The van der Waals surface area contributed by atoms with Crippen LogP contribution >= 0.6 is 23.4 Å². The number of hydrogen-bond donors (Lipinski definition) is 0. The van der Waals surface area contributed by atoms with Crippen LogP contribution in [-0.2, 0) is 4.79 Å². The van der Waals surface area contributed by atoms with E-state index in [9.17, 15) is 4.79 Å². The highest BCUT2D eigenvalue weighted by molar-refractivity contribution is 8.00. The predicted octanol–water partition coefficient (Wildman–Crippen LogP) is 5.25. The Bertz CT molecular complexity index is 901. The molecular weight excluding hydrogens is 340 g/mol. The Labute approximate surface area is 149 Å². The first kappa shape index (κ1) is 15.2. The van der Waals surface area contributed by atoms with Crippen LogP contribution < -0.4 is 4.90 Å². The summed E-state index contributed by atoms with van der Waals surface area (Å²) in [5, 5.41) is 0.284. The van der Waals surface area contributed by atoms with Gasteiger partial charge in [0.05, 0.1) is 5.69 Å². The van der Waals surface area contributed by atoms with Crippen molar-refractivity contribution < 1.29 is 4.79 Å². The van der Waals surface area contributed by atoms with E-state index in [0.29, 0.717) is 10.8 Å². The first-order chi connectivity index (χ1) is 11.7. The highest BCUT2D eigenvalue weighted by Gasteiger charge is 2.39. The van der Waals surface area contributed by atoms with Gasteiger partial charge in [-0.2, -0.15) is 0 Å². The molecule has 1 amide bonds. The summed E-state index contributed by atoms with van der Waals surface area (Å²) in [6.07, 6.45) is 1.71. The number of pyridine rings is 1. The van der Waals surface area contributed by atoms with Gasteiger partial charge in [-0.3, -0.25) is 9.69 Å². The van der Waals surface area contributed by atoms with Gasteiger partial charge in [-0.15, -0.1) is 11.8 Å². The lowest BCUT2D eigenvalue weighted by atomic mass is 10.2. The summed E-state index contributed by atoms with van der Waals surface area (Å²) in [7, 11) is 0. The molecule has 1 unspecified atom stereocenters. The molecule has 3 nitrogen and oxygen atoms in total. The Morgan fingerprint density at radius 1 is 1.00 bits per heavy atom. The van der Waals surface area contributed by atoms with Gasteiger partial charge < -0.3 is 0 Å². The van der Waals surface area contributed by atoms with Crippen LogP contribution in [0.1, 0.15) is 10.8 Å². The number of benzene rings is 2. The van der Waals surface area contributed by atoms with Gasteiger partial charge in [-0.25, -0.2) is 4.98 Å². The van der Waals surface area contributed by atoms with Gasteiger partial charge in [0.1, 0.15) is 11.1 Å². The van der Waals surface area contributed by atoms with E-state index in [-0.39, 0.29) is 11.2 Å². The summed E-state index contributed by atoms with van der Waals surface area (Å²) in [6.45, 7) is 0. The molecule has 0 bridgehead atoms. The van der Waals surface area contributed by atoms with Crippen LogP contribution in [0, 0.1) is 0 Å². The number of aromatic nitrogens is 1. The number of rotatable bonds is 3. The molecule has 0 N–H and O–H groups in total. The zero-order valence-electron chi connectivity index (χ0n) is 12.6. The average molecular weight is 353 g/mol. The number of thioether (sulfide) groups is 1. The zero-order valence-corrected chi connectivity index (χ0v) is 14.2. The molecule has 3 aromatic rings. The van der Waals surface area contributed by atoms with Crippen molar-refractivity contribution in [3.63, 3.8) is 0 Å². The van der Waals surface area contributed by atoms with Crippen molar-refractivity contribution in [1.82, 2.24) is 4.98 Å². The predicted molar refractivity (Wildman–Crippen MR) is 97.9 cm³/mol. The van der Waals surface area contributed by atoms with Gasteiger partial charge >= 0.3 is 0 Å². The summed E-state index contributed by atoms with van der Waals surface area (Å²) in [5.74, 6) is 0.679. The largest absolute Gasteiger partial charge is 0.272 e. The van der Waals surface area contributed by atoms with Gasteiger partial charge in [-0.05, 0) is 36.4 Å². The monoisotopic (exact) mass is 352 g/mol. The lowest BCUT2D eigenvalue weighted by Crippen LogP contribution is -2.23. The Balaban J connectivity index is 1.77. The molecule has 5 heteroatoms. The number of carbonyl (C=O) groups is 1. The maximum Gasteiger partial charge on any atom is 0.250 e. The average Bonchev–Trinajstić information content (AvgIpc) is 2.88. The Hall–Kier alpha value is -2.30. The number of carbonyl (C=O) groups excluding carboxylic acids is 1. The van der Waals surface area contributed by atoms with Gasteiger partial charge in [0.2, 0.25) is 0 Å². The van der Waals surface area contributed by atoms with Crippen LogP contribution in [0.25, 0.3) is 0 Å². The van der Waals surface area contributed by atoms with E-state index in [1.807, 2.05) is 54.6 Å². The van der Waals surface area contributed by atoms with E-state index in [4.69, 9.17) is 11.6 Å². The van der Waals surface area contributed by atoms with Gasteiger partial charge in [0.15, 0.2) is 0 Å². The second-order valence-electron chi connectivity index (χ2n) is 5.38. The molecule has 0 saturated heterocycles. The first-order valence-corrected chi connectivity index (χ1v) is 8.76. The molecule has 4 rings (SSSR count). The fraction of sp³-hybridized carbons (Fsp3) is 0.0526. The van der Waals surface area contributed by atoms with Gasteiger partial charge in [-0.1, -0.05) is 41.9 Å². The number of halogens is 1. The van der Waals surface area contributed by atoms with Crippen molar-refractivity contribution in [2.24, 2.45) is 0 Å². The quantitative estimate of drug-likeness (QED) is 0.645. The molecule has 2 heterocycles. The molecule has 1 atom stereocenters. The van der Waals surface area contributed by atoms with Crippen molar-refractivity contribution in [2.75, 3.05) is 4.90 Å². The summed E-state index contributed by atoms with van der Waals surface area (Å²) in [6, 6.07) is 21.1. The SMILES string of the molecule is O=C1C(Sc2ccccc2)c2cccnc2N1c1cccc(Cl)c1. The molecule has 1 aliphatic heterocycles. The number of nitrogens with zero attached hydrogens (tertiary/aromatic N) is 2. The summed E-state index contributed by atoms with van der Waals surface area (Å²) in [4.78, 5) is 20.2. The van der Waals surface area contributed by atoms with Crippen LogP contribution in [0.3, 0.4) is 0 Å². The molecule has 0 fully saturated rings. The number of fused-ring (bicyclic) bond motifs is 1. The fourth-order valence-corrected chi connectivity index (χ4v) is 4.06. The molecule has 118 valence electrons. The molecule has 24 heavy (non-hydrogen) atoms. The molecule has 0 aliphatic carbocycles. The Morgan fingerprint density at radius 2 is 1.83 bits per heavy atom. The third kappa shape index (κ3) is 2.68. The van der Waals surface area contributed by atoms with E-state index in [1.54, 1.807) is 35.0 Å². The minimum absolute atomic E-state index is 0.000167. The second-order valence-corrected chi connectivity index (χ2v) is 7.00. The third-order valence-corrected chi connectivity index (χ3v) is 5.29. The van der Waals surface area contributed by atoms with Crippen molar-refractivity contribution in [3.8, 4) is 0 Å². The fourth-order valence-electron chi connectivity index (χ4n) is 2.77. The standard InChI is InChI=1S/C19H13ClN2OS/c20-13-6-4-7-14(12-13)22-18-16(10-5-11-21-18)17(19(22)23)24-15-8-2-1-3-9-15/h1-12,17H. The van der Waals surface area contributed by atoms with Crippen LogP contribution in [-0.4, -0.2) is 10.9 Å². The third-order valence-electron chi connectivity index (χ3n) is 3.82. The van der Waals surface area contributed by atoms with Gasteiger partial charge in [0.25, 0.3) is 5.91 Å². The maximum atomic E-state index is 13.1. The van der Waals surface area contributed by atoms with Gasteiger partial charge in [0, 0.05) is 21.7 Å². The maximum absolute atomic E-state index is 13.1. The van der Waals surface area contributed by atoms with Crippen molar-refractivity contribution in [2.45, 2.75) is 10.1 Å². The van der Waals surface area contributed by atoms with Crippen LogP contribution in [0.15, 0.2) is 77.8 Å². The zero-order chi connectivity index (χ0) is 16.5. The van der Waals surface area contributed by atoms with E-state index in [2.05, 4.69) is 4.98 Å². The number of hydrogen-bond acceptors (Lipinski definition) is 3. The number of anilines is 2. The molecule has 1 aromatic heterocycles. The van der Waals surface area contributed by atoms with E-state index in [1.165, 1.54) is 0 Å².